The van der Waals surface area contributed by atoms with E-state index in [0.717, 1.165) is 101 Å². The average Bonchev–Trinajstić information content (AvgIpc) is 3.64. The number of anilines is 1. The molecule has 0 saturated heterocycles. The van der Waals surface area contributed by atoms with Crippen molar-refractivity contribution in [3.63, 3.8) is 0 Å². The molecule has 0 aliphatic heterocycles. The molecule has 3 heterocycles. The predicted octanol–water partition coefficient (Wildman–Crippen LogP) is 7.06. The molecule has 1 aliphatic carbocycles. The Morgan fingerprint density at radius 2 is 1.82 bits per heavy atom. The molecule has 1 fully saturated rings. The van der Waals surface area contributed by atoms with Gasteiger partial charge in [0, 0.05) is 49.8 Å². The van der Waals surface area contributed by atoms with Crippen molar-refractivity contribution in [2.75, 3.05) is 18.8 Å². The van der Waals surface area contributed by atoms with Gasteiger partial charge in [-0.15, -0.1) is 17.5 Å². The number of halogens is 1. The van der Waals surface area contributed by atoms with E-state index >= 15 is 0 Å². The Labute approximate surface area is 275 Å². The summed E-state index contributed by atoms with van der Waals surface area (Å²) in [6.07, 6.45) is 19.0. The molecule has 11 heteroatoms. The molecule has 1 amide bonds. The molecule has 0 spiro atoms. The molecule has 0 bridgehead atoms. The number of carbonyl (C=O) groups excluding carboxylic acids is 1. The summed E-state index contributed by atoms with van der Waals surface area (Å²) >= 11 is 0. The third kappa shape index (κ3) is 12.6. The van der Waals surface area contributed by atoms with Crippen molar-refractivity contribution in [2.45, 2.75) is 117 Å². The molecule has 45 heavy (non-hydrogen) atoms. The van der Waals surface area contributed by atoms with E-state index < -0.39 is 0 Å². The standard InChI is InChI=1S/C34H54N8O2.ClH/c1-26(2)31-17-16-27(3)23-32(31)44-34(43)41(22-18-28-13-9-10-19-36-28)20-11-5-4-7-15-30-25-42(40-39-30)21-12-6-8-14-29-24-37-33(35)38-29;/h9-10,13,19,24-27,31-32H,4-8,11-12,14-18,20-23H2,1-3H3,(H3,35,37,38);1H/t27-,31+,32-;/m1./s1. The zero-order chi connectivity index (χ0) is 31.1. The summed E-state index contributed by atoms with van der Waals surface area (Å²) in [5.41, 5.74) is 8.79. The second-order valence-electron chi connectivity index (χ2n) is 13.0. The lowest BCUT2D eigenvalue weighted by Crippen LogP contribution is -2.41. The van der Waals surface area contributed by atoms with Crippen LogP contribution in [-0.4, -0.2) is 60.1 Å². The van der Waals surface area contributed by atoms with Gasteiger partial charge in [0.1, 0.15) is 6.10 Å². The number of H-pyrrole nitrogens is 1. The van der Waals surface area contributed by atoms with Crippen LogP contribution in [0.1, 0.15) is 102 Å². The van der Waals surface area contributed by atoms with Gasteiger partial charge in [0.2, 0.25) is 0 Å². The maximum Gasteiger partial charge on any atom is 0.410 e. The fourth-order valence-electron chi connectivity index (χ4n) is 6.34. The Hall–Kier alpha value is -3.14. The van der Waals surface area contributed by atoms with Gasteiger partial charge < -0.3 is 20.4 Å². The van der Waals surface area contributed by atoms with Gasteiger partial charge in [-0.25, -0.2) is 9.78 Å². The monoisotopic (exact) mass is 642 g/mol. The number of nitrogens with one attached hydrogen (secondary N) is 1. The summed E-state index contributed by atoms with van der Waals surface area (Å²) in [4.78, 5) is 26.9. The summed E-state index contributed by atoms with van der Waals surface area (Å²) in [6, 6.07) is 5.95. The van der Waals surface area contributed by atoms with Crippen molar-refractivity contribution in [3.05, 3.63) is 53.9 Å². The van der Waals surface area contributed by atoms with E-state index in [-0.39, 0.29) is 24.6 Å². The van der Waals surface area contributed by atoms with Crippen molar-refractivity contribution in [3.8, 4) is 0 Å². The maximum absolute atomic E-state index is 13.4. The van der Waals surface area contributed by atoms with Crippen LogP contribution in [0.3, 0.4) is 0 Å². The van der Waals surface area contributed by atoms with Crippen LogP contribution in [0.2, 0.25) is 0 Å². The van der Waals surface area contributed by atoms with Crippen LogP contribution < -0.4 is 5.73 Å². The molecule has 250 valence electrons. The summed E-state index contributed by atoms with van der Waals surface area (Å²) in [5, 5.41) is 8.70. The SMILES string of the molecule is CC(C)[C@@H]1CC[C@@H](C)C[C@H]1OC(=O)N(CCCCCCc1cn(CCCCCc2cnc(N)[nH]2)nn1)CCc1ccccn1.Cl. The molecule has 0 aromatic carbocycles. The van der Waals surface area contributed by atoms with Crippen LogP contribution in [0.4, 0.5) is 10.7 Å². The molecule has 10 nitrogen and oxygen atoms in total. The van der Waals surface area contributed by atoms with E-state index in [2.05, 4.69) is 52.2 Å². The van der Waals surface area contributed by atoms with E-state index in [1.54, 1.807) is 0 Å². The molecule has 3 atom stereocenters. The number of rotatable bonds is 18. The first-order chi connectivity index (χ1) is 21.4. The normalized spacial score (nSPS) is 18.1. The Morgan fingerprint density at radius 3 is 2.58 bits per heavy atom. The van der Waals surface area contributed by atoms with E-state index in [0.29, 0.717) is 36.8 Å². The van der Waals surface area contributed by atoms with Crippen molar-refractivity contribution in [2.24, 2.45) is 17.8 Å². The van der Waals surface area contributed by atoms with Crippen molar-refractivity contribution in [1.82, 2.24) is 34.8 Å². The van der Waals surface area contributed by atoms with Crippen molar-refractivity contribution in [1.29, 1.82) is 0 Å². The third-order valence-corrected chi connectivity index (χ3v) is 9.01. The highest BCUT2D eigenvalue weighted by Crippen LogP contribution is 2.35. The number of hydrogen-bond acceptors (Lipinski definition) is 7. The Bertz CT molecular complexity index is 1230. The lowest BCUT2D eigenvalue weighted by Gasteiger charge is -2.37. The number of nitrogen functional groups attached to an aromatic ring is 1. The van der Waals surface area contributed by atoms with Gasteiger partial charge in [0.05, 0.1) is 11.9 Å². The number of nitrogens with two attached hydrogens (primary N) is 1. The Morgan fingerprint density at radius 1 is 1.02 bits per heavy atom. The fraction of sp³-hybridized carbons (Fsp3) is 0.676. The Balaban J connectivity index is 0.00000552. The van der Waals surface area contributed by atoms with E-state index in [1.165, 1.54) is 6.42 Å². The number of amides is 1. The van der Waals surface area contributed by atoms with Crippen LogP contribution in [0, 0.1) is 17.8 Å². The highest BCUT2D eigenvalue weighted by Gasteiger charge is 2.34. The predicted molar refractivity (Wildman–Crippen MR) is 181 cm³/mol. The summed E-state index contributed by atoms with van der Waals surface area (Å²) < 4.78 is 8.19. The van der Waals surface area contributed by atoms with E-state index in [4.69, 9.17) is 10.5 Å². The van der Waals surface area contributed by atoms with Crippen molar-refractivity contribution < 1.29 is 9.53 Å². The van der Waals surface area contributed by atoms with Gasteiger partial charge in [0.25, 0.3) is 0 Å². The quantitative estimate of drug-likeness (QED) is 0.142. The van der Waals surface area contributed by atoms with Gasteiger partial charge in [0.15, 0.2) is 5.95 Å². The zero-order valence-electron chi connectivity index (χ0n) is 27.6. The van der Waals surface area contributed by atoms with Crippen LogP contribution in [-0.2, 0) is 30.5 Å². The van der Waals surface area contributed by atoms with E-state index in [9.17, 15) is 4.79 Å². The van der Waals surface area contributed by atoms with Gasteiger partial charge in [-0.1, -0.05) is 57.7 Å². The van der Waals surface area contributed by atoms with Crippen LogP contribution in [0.25, 0.3) is 0 Å². The number of pyridine rings is 1. The summed E-state index contributed by atoms with van der Waals surface area (Å²) in [5.74, 6) is 2.05. The first-order valence-corrected chi connectivity index (χ1v) is 16.9. The molecule has 1 saturated carbocycles. The Kier molecular flexibility index (Phi) is 15.7. The number of unbranched alkanes of at least 4 members (excludes halogenated alkanes) is 5. The van der Waals surface area contributed by atoms with E-state index in [1.807, 2.05) is 40.2 Å². The molecule has 4 rings (SSSR count). The van der Waals surface area contributed by atoms with Crippen LogP contribution >= 0.6 is 12.4 Å². The number of hydrogen-bond donors (Lipinski definition) is 2. The molecule has 0 unspecified atom stereocenters. The lowest BCUT2D eigenvalue weighted by molar-refractivity contribution is -0.0103. The van der Waals surface area contributed by atoms with Gasteiger partial charge in [-0.2, -0.15) is 0 Å². The number of aromatic amines is 1. The molecular weight excluding hydrogens is 588 g/mol. The number of aromatic nitrogens is 6. The number of ether oxygens (including phenoxy) is 1. The fourth-order valence-corrected chi connectivity index (χ4v) is 6.34. The minimum absolute atomic E-state index is 0. The minimum Gasteiger partial charge on any atom is -0.446 e. The largest absolute Gasteiger partial charge is 0.446 e. The summed E-state index contributed by atoms with van der Waals surface area (Å²) in [7, 11) is 0. The highest BCUT2D eigenvalue weighted by molar-refractivity contribution is 5.85. The summed E-state index contributed by atoms with van der Waals surface area (Å²) in [6.45, 7) is 9.02. The minimum atomic E-state index is -0.159. The van der Waals surface area contributed by atoms with Gasteiger partial charge in [-0.05, 0) is 81.3 Å². The molecular formula is C34H55ClN8O2. The van der Waals surface area contributed by atoms with Gasteiger partial charge >= 0.3 is 6.09 Å². The smallest absolute Gasteiger partial charge is 0.410 e. The number of imidazole rings is 1. The lowest BCUT2D eigenvalue weighted by atomic mass is 9.75. The molecule has 0 radical (unpaired) electrons. The second kappa shape index (κ2) is 19.4. The van der Waals surface area contributed by atoms with Gasteiger partial charge in [-0.3, -0.25) is 9.67 Å². The average molecular weight is 643 g/mol. The molecule has 3 aromatic heterocycles. The molecule has 3 aromatic rings. The van der Waals surface area contributed by atoms with Crippen molar-refractivity contribution >= 4 is 24.4 Å². The topological polar surface area (TPSA) is 128 Å². The third-order valence-electron chi connectivity index (χ3n) is 9.01. The maximum atomic E-state index is 13.4. The number of carbonyl (C=O) groups is 1. The number of nitrogens with zero attached hydrogens (tertiary/aromatic N) is 6. The van der Waals surface area contributed by atoms with Crippen LogP contribution in [0.5, 0.6) is 0 Å². The zero-order valence-corrected chi connectivity index (χ0v) is 28.4. The number of aryl methyl sites for hydroxylation is 3. The first-order valence-electron chi connectivity index (χ1n) is 16.9. The second-order valence-corrected chi connectivity index (χ2v) is 13.0. The molecule has 1 aliphatic rings. The first kappa shape index (κ1) is 36.3. The van der Waals surface area contributed by atoms with Crippen LogP contribution in [0.15, 0.2) is 36.8 Å². The highest BCUT2D eigenvalue weighted by atomic mass is 35.5. The molecule has 3 N–H and O–H groups in total.